The van der Waals surface area contributed by atoms with Gasteiger partial charge in [0.25, 0.3) is 0 Å². The third-order valence-electron chi connectivity index (χ3n) is 2.69. The molecule has 0 aromatic carbocycles. The van der Waals surface area contributed by atoms with Gasteiger partial charge in [-0.1, -0.05) is 6.92 Å². The molecule has 3 atom stereocenters. The number of rotatable bonds is 4. The third kappa shape index (κ3) is 3.54. The summed E-state index contributed by atoms with van der Waals surface area (Å²) >= 11 is 0. The van der Waals surface area contributed by atoms with Crippen molar-refractivity contribution in [3.8, 4) is 0 Å². The second-order valence-corrected chi connectivity index (χ2v) is 4.15. The molecule has 0 fully saturated rings. The molecular formula is C12H18O6. The fraction of sp³-hybridized carbons (Fsp3) is 0.667. The molecule has 0 unspecified atom stereocenters. The number of carbonyl (C=O) groups excluding carboxylic acids is 2. The van der Waals surface area contributed by atoms with E-state index >= 15 is 0 Å². The van der Waals surface area contributed by atoms with Crippen LogP contribution in [0.15, 0.2) is 11.6 Å². The molecule has 1 rings (SSSR count). The van der Waals surface area contributed by atoms with Crippen LogP contribution in [0, 0.1) is 0 Å². The zero-order valence-electron chi connectivity index (χ0n) is 10.5. The van der Waals surface area contributed by atoms with Crippen LogP contribution < -0.4 is 0 Å². The van der Waals surface area contributed by atoms with E-state index in [1.807, 2.05) is 6.92 Å². The van der Waals surface area contributed by atoms with E-state index < -0.39 is 30.3 Å². The molecule has 0 radical (unpaired) electrons. The van der Waals surface area contributed by atoms with Gasteiger partial charge in [0.1, 0.15) is 6.10 Å². The van der Waals surface area contributed by atoms with Gasteiger partial charge < -0.3 is 19.7 Å². The first kappa shape index (κ1) is 14.7. The smallest absolute Gasteiger partial charge is 0.333 e. The van der Waals surface area contributed by atoms with E-state index in [0.29, 0.717) is 6.42 Å². The molecule has 6 heteroatoms. The summed E-state index contributed by atoms with van der Waals surface area (Å²) in [6, 6.07) is 0. The Bertz CT molecular complexity index is 348. The quantitative estimate of drug-likeness (QED) is 0.685. The Morgan fingerprint density at radius 3 is 2.61 bits per heavy atom. The first-order valence-corrected chi connectivity index (χ1v) is 5.84. The normalized spacial score (nSPS) is 27.3. The molecule has 0 aliphatic heterocycles. The summed E-state index contributed by atoms with van der Waals surface area (Å²) in [4.78, 5) is 22.6. The summed E-state index contributed by atoms with van der Waals surface area (Å²) in [5.41, 5.74) is 0.181. The van der Waals surface area contributed by atoms with Gasteiger partial charge in [-0.15, -0.1) is 0 Å². The summed E-state index contributed by atoms with van der Waals surface area (Å²) in [6.07, 6.45) is -1.25. The molecule has 1 aliphatic rings. The molecule has 0 bridgehead atoms. The van der Waals surface area contributed by atoms with E-state index in [1.54, 1.807) is 0 Å². The number of ether oxygens (including phenoxy) is 2. The van der Waals surface area contributed by atoms with E-state index in [9.17, 15) is 19.8 Å². The molecule has 18 heavy (non-hydrogen) atoms. The highest BCUT2D eigenvalue weighted by Crippen LogP contribution is 2.23. The van der Waals surface area contributed by atoms with Gasteiger partial charge in [0.15, 0.2) is 6.10 Å². The second-order valence-electron chi connectivity index (χ2n) is 4.15. The minimum absolute atomic E-state index is 0.00615. The number of aliphatic hydroxyl groups is 2. The number of methoxy groups -OCH3 is 1. The van der Waals surface area contributed by atoms with Crippen LogP contribution in [-0.2, 0) is 19.1 Å². The van der Waals surface area contributed by atoms with Gasteiger partial charge in [-0.3, -0.25) is 4.79 Å². The van der Waals surface area contributed by atoms with Crippen molar-refractivity contribution < 1.29 is 29.3 Å². The Morgan fingerprint density at radius 2 is 2.11 bits per heavy atom. The van der Waals surface area contributed by atoms with Crippen LogP contribution in [0.2, 0.25) is 0 Å². The average Bonchev–Trinajstić information content (AvgIpc) is 2.32. The molecular weight excluding hydrogens is 240 g/mol. The Morgan fingerprint density at radius 1 is 1.44 bits per heavy atom. The van der Waals surface area contributed by atoms with Gasteiger partial charge in [0.2, 0.25) is 0 Å². The van der Waals surface area contributed by atoms with Crippen LogP contribution in [0.3, 0.4) is 0 Å². The summed E-state index contributed by atoms with van der Waals surface area (Å²) in [5, 5.41) is 19.5. The number of aliphatic hydroxyl groups excluding tert-OH is 2. The minimum Gasteiger partial charge on any atom is -0.466 e. The summed E-state index contributed by atoms with van der Waals surface area (Å²) in [7, 11) is 1.22. The Balaban J connectivity index is 2.71. The maximum absolute atomic E-state index is 11.3. The number of hydrogen-bond donors (Lipinski definition) is 2. The zero-order valence-corrected chi connectivity index (χ0v) is 10.5. The van der Waals surface area contributed by atoms with Crippen molar-refractivity contribution in [2.45, 2.75) is 44.5 Å². The maximum Gasteiger partial charge on any atom is 0.333 e. The highest BCUT2D eigenvalue weighted by molar-refractivity contribution is 5.88. The van der Waals surface area contributed by atoms with E-state index in [2.05, 4.69) is 4.74 Å². The van der Waals surface area contributed by atoms with Crippen molar-refractivity contribution in [1.82, 2.24) is 0 Å². The van der Waals surface area contributed by atoms with Gasteiger partial charge >= 0.3 is 11.9 Å². The highest BCUT2D eigenvalue weighted by atomic mass is 16.6. The lowest BCUT2D eigenvalue weighted by Gasteiger charge is -2.30. The molecule has 0 saturated carbocycles. The Kier molecular flexibility index (Phi) is 5.30. The zero-order chi connectivity index (χ0) is 13.7. The molecule has 0 amide bonds. The SMILES string of the molecule is CCCC(=O)O[C@@H]1[C@H](O)C=C(C(=O)OC)C[C@H]1O. The number of carbonyl (C=O) groups is 2. The summed E-state index contributed by atoms with van der Waals surface area (Å²) in [5.74, 6) is -1.08. The van der Waals surface area contributed by atoms with Crippen LogP contribution in [0.1, 0.15) is 26.2 Å². The molecule has 102 valence electrons. The lowest BCUT2D eigenvalue weighted by molar-refractivity contribution is -0.163. The molecule has 2 N–H and O–H groups in total. The largest absolute Gasteiger partial charge is 0.466 e. The lowest BCUT2D eigenvalue weighted by atomic mass is 9.92. The second kappa shape index (κ2) is 6.51. The van der Waals surface area contributed by atoms with Crippen LogP contribution in [0.5, 0.6) is 0 Å². The number of esters is 2. The van der Waals surface area contributed by atoms with E-state index in [1.165, 1.54) is 13.2 Å². The first-order chi connectivity index (χ1) is 8.49. The molecule has 0 aromatic rings. The van der Waals surface area contributed by atoms with Gasteiger partial charge in [-0.05, 0) is 12.5 Å². The predicted molar refractivity (Wildman–Crippen MR) is 61.5 cm³/mol. The van der Waals surface area contributed by atoms with E-state index in [0.717, 1.165) is 0 Å². The molecule has 0 saturated heterocycles. The van der Waals surface area contributed by atoms with E-state index in [-0.39, 0.29) is 18.4 Å². The van der Waals surface area contributed by atoms with Gasteiger partial charge in [-0.25, -0.2) is 4.79 Å². The predicted octanol–water partition coefficient (Wildman–Crippen LogP) is -0.0768. The fourth-order valence-electron chi connectivity index (χ4n) is 1.78. The Labute approximate surface area is 105 Å². The van der Waals surface area contributed by atoms with Crippen molar-refractivity contribution in [1.29, 1.82) is 0 Å². The summed E-state index contributed by atoms with van der Waals surface area (Å²) < 4.78 is 9.49. The van der Waals surface area contributed by atoms with Crippen molar-refractivity contribution >= 4 is 11.9 Å². The monoisotopic (exact) mass is 258 g/mol. The first-order valence-electron chi connectivity index (χ1n) is 5.84. The van der Waals surface area contributed by atoms with Crippen LogP contribution >= 0.6 is 0 Å². The topological polar surface area (TPSA) is 93.1 Å². The van der Waals surface area contributed by atoms with Gasteiger partial charge in [0, 0.05) is 18.4 Å². The lowest BCUT2D eigenvalue weighted by Crippen LogP contribution is -2.44. The molecule has 0 heterocycles. The van der Waals surface area contributed by atoms with Crippen LogP contribution in [-0.4, -0.2) is 47.6 Å². The molecule has 0 spiro atoms. The maximum atomic E-state index is 11.3. The van der Waals surface area contributed by atoms with Gasteiger partial charge in [0.05, 0.1) is 13.2 Å². The Hall–Kier alpha value is -1.40. The van der Waals surface area contributed by atoms with Crippen LogP contribution in [0.4, 0.5) is 0 Å². The molecule has 6 nitrogen and oxygen atoms in total. The van der Waals surface area contributed by atoms with Crippen molar-refractivity contribution in [2.75, 3.05) is 7.11 Å². The van der Waals surface area contributed by atoms with E-state index in [4.69, 9.17) is 4.74 Å². The minimum atomic E-state index is -1.20. The summed E-state index contributed by atoms with van der Waals surface area (Å²) in [6.45, 7) is 1.82. The number of hydrogen-bond acceptors (Lipinski definition) is 6. The van der Waals surface area contributed by atoms with Crippen molar-refractivity contribution in [2.24, 2.45) is 0 Å². The third-order valence-corrected chi connectivity index (χ3v) is 2.69. The molecule has 1 aliphatic carbocycles. The highest BCUT2D eigenvalue weighted by Gasteiger charge is 2.36. The standard InChI is InChI=1S/C12H18O6/c1-3-4-10(15)18-11-8(13)5-7(6-9(11)14)12(16)17-2/h5,8-9,11,13-14H,3-4,6H2,1-2H3/t8-,9-,11-/m1/s1. The van der Waals surface area contributed by atoms with Crippen LogP contribution in [0.25, 0.3) is 0 Å². The van der Waals surface area contributed by atoms with Gasteiger partial charge in [-0.2, -0.15) is 0 Å². The van der Waals surface area contributed by atoms with Crippen molar-refractivity contribution in [3.63, 3.8) is 0 Å². The molecule has 0 aromatic heterocycles. The average molecular weight is 258 g/mol. The van der Waals surface area contributed by atoms with Crippen molar-refractivity contribution in [3.05, 3.63) is 11.6 Å². The fourth-order valence-corrected chi connectivity index (χ4v) is 1.78.